The molecule has 0 amide bonds. The van der Waals surface area contributed by atoms with Crippen LogP contribution in [-0.4, -0.2) is 0 Å². The second-order valence-corrected chi connectivity index (χ2v) is 12.0. The van der Waals surface area contributed by atoms with Gasteiger partial charge >= 0.3 is 0 Å². The standard InChI is InChI=1S/C30H56/c1-3-5-7-11-25-14-16-26(17-15-25)18-19-27-20-22-28(23-21-27)24-30(10-4-2)29-12-8-6-9-13-29/h25-30H,3-24H2,1-2H3. The zero-order valence-electron chi connectivity index (χ0n) is 21.0. The summed E-state index contributed by atoms with van der Waals surface area (Å²) < 4.78 is 0. The molecule has 176 valence electrons. The molecular weight excluding hydrogens is 360 g/mol. The molecule has 0 aromatic rings. The van der Waals surface area contributed by atoms with Crippen LogP contribution in [0.4, 0.5) is 0 Å². The van der Waals surface area contributed by atoms with E-state index in [2.05, 4.69) is 13.8 Å². The summed E-state index contributed by atoms with van der Waals surface area (Å²) in [5.41, 5.74) is 0. The maximum atomic E-state index is 2.42. The highest BCUT2D eigenvalue weighted by atomic mass is 14.3. The lowest BCUT2D eigenvalue weighted by Gasteiger charge is -2.36. The van der Waals surface area contributed by atoms with Crippen molar-refractivity contribution in [2.24, 2.45) is 35.5 Å². The molecule has 0 aliphatic heterocycles. The van der Waals surface area contributed by atoms with Gasteiger partial charge < -0.3 is 0 Å². The molecule has 1 atom stereocenters. The van der Waals surface area contributed by atoms with Crippen molar-refractivity contribution in [1.29, 1.82) is 0 Å². The van der Waals surface area contributed by atoms with Gasteiger partial charge in [-0.3, -0.25) is 0 Å². The Morgan fingerprint density at radius 1 is 0.533 bits per heavy atom. The fourth-order valence-corrected chi connectivity index (χ4v) is 7.67. The number of unbranched alkanes of at least 4 members (excludes halogenated alkanes) is 2. The van der Waals surface area contributed by atoms with Crippen molar-refractivity contribution in [3.63, 3.8) is 0 Å². The number of hydrogen-bond donors (Lipinski definition) is 0. The van der Waals surface area contributed by atoms with Crippen molar-refractivity contribution in [3.05, 3.63) is 0 Å². The second-order valence-electron chi connectivity index (χ2n) is 12.0. The van der Waals surface area contributed by atoms with Crippen molar-refractivity contribution in [1.82, 2.24) is 0 Å². The van der Waals surface area contributed by atoms with Crippen LogP contribution in [0.2, 0.25) is 0 Å². The van der Waals surface area contributed by atoms with Gasteiger partial charge in [0.15, 0.2) is 0 Å². The van der Waals surface area contributed by atoms with Crippen molar-refractivity contribution in [3.8, 4) is 0 Å². The third-order valence-corrected chi connectivity index (χ3v) is 9.74. The molecule has 0 heteroatoms. The summed E-state index contributed by atoms with van der Waals surface area (Å²) in [7, 11) is 0. The Morgan fingerprint density at radius 2 is 1.07 bits per heavy atom. The highest BCUT2D eigenvalue weighted by molar-refractivity contribution is 4.81. The minimum absolute atomic E-state index is 1.07. The van der Waals surface area contributed by atoms with Crippen molar-refractivity contribution in [2.75, 3.05) is 0 Å². The van der Waals surface area contributed by atoms with Crippen LogP contribution in [0.3, 0.4) is 0 Å². The van der Waals surface area contributed by atoms with Gasteiger partial charge in [0.05, 0.1) is 0 Å². The molecular formula is C30H56. The topological polar surface area (TPSA) is 0 Å². The zero-order valence-corrected chi connectivity index (χ0v) is 21.0. The summed E-state index contributed by atoms with van der Waals surface area (Å²) in [5, 5.41) is 0. The Balaban J connectivity index is 1.28. The van der Waals surface area contributed by atoms with E-state index in [0.29, 0.717) is 0 Å². The molecule has 3 rings (SSSR count). The van der Waals surface area contributed by atoms with Crippen LogP contribution in [-0.2, 0) is 0 Å². The van der Waals surface area contributed by atoms with Crippen LogP contribution in [0, 0.1) is 35.5 Å². The zero-order chi connectivity index (χ0) is 21.0. The smallest absolute Gasteiger partial charge is 0.0383 e. The molecule has 30 heavy (non-hydrogen) atoms. The molecule has 0 bridgehead atoms. The number of hydrogen-bond acceptors (Lipinski definition) is 0. The van der Waals surface area contributed by atoms with Crippen LogP contribution in [0.1, 0.15) is 155 Å². The molecule has 0 heterocycles. The second kappa shape index (κ2) is 14.2. The van der Waals surface area contributed by atoms with E-state index in [-0.39, 0.29) is 0 Å². The first kappa shape index (κ1) is 24.6. The predicted octanol–water partition coefficient (Wildman–Crippen LogP) is 10.3. The van der Waals surface area contributed by atoms with Crippen LogP contribution < -0.4 is 0 Å². The minimum atomic E-state index is 1.07. The average Bonchev–Trinajstić information content (AvgIpc) is 2.80. The summed E-state index contributed by atoms with van der Waals surface area (Å²) >= 11 is 0. The summed E-state index contributed by atoms with van der Waals surface area (Å²) in [6, 6.07) is 0. The van der Waals surface area contributed by atoms with Crippen molar-refractivity contribution < 1.29 is 0 Å². The van der Waals surface area contributed by atoms with E-state index >= 15 is 0 Å². The molecule has 3 aliphatic carbocycles. The van der Waals surface area contributed by atoms with Crippen LogP contribution in [0.25, 0.3) is 0 Å². The van der Waals surface area contributed by atoms with E-state index in [1.54, 1.807) is 83.5 Å². The molecule has 0 N–H and O–H groups in total. The normalized spacial score (nSPS) is 32.2. The minimum Gasteiger partial charge on any atom is -0.0654 e. The third-order valence-electron chi connectivity index (χ3n) is 9.74. The average molecular weight is 417 g/mol. The summed E-state index contributed by atoms with van der Waals surface area (Å²) in [5.74, 6) is 6.51. The summed E-state index contributed by atoms with van der Waals surface area (Å²) in [6.45, 7) is 4.76. The van der Waals surface area contributed by atoms with Crippen LogP contribution in [0.5, 0.6) is 0 Å². The van der Waals surface area contributed by atoms with E-state index in [9.17, 15) is 0 Å². The molecule has 0 spiro atoms. The quantitative estimate of drug-likeness (QED) is 0.277. The Morgan fingerprint density at radius 3 is 1.60 bits per heavy atom. The maximum absolute atomic E-state index is 2.42. The fourth-order valence-electron chi connectivity index (χ4n) is 7.67. The predicted molar refractivity (Wildman–Crippen MR) is 134 cm³/mol. The molecule has 0 aromatic carbocycles. The molecule has 3 fully saturated rings. The SMILES string of the molecule is CCCCCC1CCC(CCC2CCC(CC(CCC)C3CCCCC3)CC2)CC1. The lowest BCUT2D eigenvalue weighted by Crippen LogP contribution is -2.24. The van der Waals surface area contributed by atoms with Gasteiger partial charge in [-0.2, -0.15) is 0 Å². The van der Waals surface area contributed by atoms with Gasteiger partial charge in [0.25, 0.3) is 0 Å². The molecule has 3 aliphatic rings. The Bertz CT molecular complexity index is 404. The van der Waals surface area contributed by atoms with Gasteiger partial charge in [-0.25, -0.2) is 0 Å². The molecule has 0 saturated heterocycles. The van der Waals surface area contributed by atoms with Gasteiger partial charge in [0, 0.05) is 0 Å². The highest BCUT2D eigenvalue weighted by Gasteiger charge is 2.29. The van der Waals surface area contributed by atoms with Gasteiger partial charge in [-0.05, 0) is 41.9 Å². The number of rotatable bonds is 12. The maximum Gasteiger partial charge on any atom is -0.0383 e. The molecule has 0 aromatic heterocycles. The Labute approximate surface area is 190 Å². The molecule has 0 radical (unpaired) electrons. The summed E-state index contributed by atoms with van der Waals surface area (Å²) in [6.07, 6.45) is 33.7. The van der Waals surface area contributed by atoms with Gasteiger partial charge in [-0.1, -0.05) is 149 Å². The Hall–Kier alpha value is 0. The lowest BCUT2D eigenvalue weighted by molar-refractivity contribution is 0.158. The van der Waals surface area contributed by atoms with Crippen LogP contribution in [0.15, 0.2) is 0 Å². The monoisotopic (exact) mass is 416 g/mol. The van der Waals surface area contributed by atoms with E-state index < -0.39 is 0 Å². The summed E-state index contributed by atoms with van der Waals surface area (Å²) in [4.78, 5) is 0. The first-order valence-electron chi connectivity index (χ1n) is 14.8. The highest BCUT2D eigenvalue weighted by Crippen LogP contribution is 2.42. The first-order chi connectivity index (χ1) is 14.8. The van der Waals surface area contributed by atoms with E-state index in [1.165, 1.54) is 57.8 Å². The van der Waals surface area contributed by atoms with Crippen molar-refractivity contribution >= 4 is 0 Å². The van der Waals surface area contributed by atoms with E-state index in [4.69, 9.17) is 0 Å². The van der Waals surface area contributed by atoms with Gasteiger partial charge in [-0.15, -0.1) is 0 Å². The molecule has 0 nitrogen and oxygen atoms in total. The third kappa shape index (κ3) is 8.50. The Kier molecular flexibility index (Phi) is 11.7. The molecule has 3 saturated carbocycles. The van der Waals surface area contributed by atoms with E-state index in [1.807, 2.05) is 0 Å². The fraction of sp³-hybridized carbons (Fsp3) is 1.00. The van der Waals surface area contributed by atoms with E-state index in [0.717, 1.165) is 35.5 Å². The molecule has 1 unspecified atom stereocenters. The van der Waals surface area contributed by atoms with Crippen LogP contribution >= 0.6 is 0 Å². The van der Waals surface area contributed by atoms with Gasteiger partial charge in [0.2, 0.25) is 0 Å². The lowest BCUT2D eigenvalue weighted by atomic mass is 9.70. The van der Waals surface area contributed by atoms with Crippen molar-refractivity contribution in [2.45, 2.75) is 155 Å². The van der Waals surface area contributed by atoms with Gasteiger partial charge in [0.1, 0.15) is 0 Å². The largest absolute Gasteiger partial charge is 0.0654 e. The first-order valence-corrected chi connectivity index (χ1v) is 14.8.